The molecule has 0 spiro atoms. The summed E-state index contributed by atoms with van der Waals surface area (Å²) in [6.45, 7) is 2.05. The van der Waals surface area contributed by atoms with Crippen LogP contribution in [-0.4, -0.2) is 25.2 Å². The van der Waals surface area contributed by atoms with Crippen molar-refractivity contribution in [2.75, 3.05) is 0 Å². The summed E-state index contributed by atoms with van der Waals surface area (Å²) in [5.74, 6) is 0. The van der Waals surface area contributed by atoms with Crippen LogP contribution in [0.3, 0.4) is 0 Å². The lowest BCUT2D eigenvalue weighted by Crippen LogP contribution is -1.99. The monoisotopic (exact) mass is 319 g/mol. The number of benzene rings is 2. The van der Waals surface area contributed by atoms with E-state index in [0.717, 1.165) is 21.6 Å². The first-order valence-electron chi connectivity index (χ1n) is 7.19. The zero-order chi connectivity index (χ0) is 15.6. The van der Waals surface area contributed by atoms with Crippen LogP contribution in [0.5, 0.6) is 0 Å². The Morgan fingerprint density at radius 2 is 1.74 bits per heavy atom. The van der Waals surface area contributed by atoms with E-state index in [-0.39, 0.29) is 0 Å². The Labute approximate surface area is 137 Å². The molecule has 0 aliphatic heterocycles. The first kappa shape index (κ1) is 13.9. The maximum Gasteiger partial charge on any atom is 0.220 e. The molecule has 2 aromatic carbocycles. The highest BCUT2D eigenvalue weighted by Gasteiger charge is 2.11. The Kier molecular flexibility index (Phi) is 3.51. The summed E-state index contributed by atoms with van der Waals surface area (Å²) in [5, 5.41) is 14.7. The van der Waals surface area contributed by atoms with E-state index < -0.39 is 0 Å². The third-order valence-electron chi connectivity index (χ3n) is 3.49. The molecule has 23 heavy (non-hydrogen) atoms. The highest BCUT2D eigenvalue weighted by atomic mass is 32.2. The predicted octanol–water partition coefficient (Wildman–Crippen LogP) is 3.67. The Morgan fingerprint density at radius 3 is 2.61 bits per heavy atom. The molecule has 4 aromatic rings. The minimum absolute atomic E-state index is 0.691. The number of tetrazole rings is 1. The SMILES string of the molecule is Cc1ccc(-n2nnnc2Sc2ccc3ccccc3n2)cc1. The van der Waals surface area contributed by atoms with Gasteiger partial charge in [-0.2, -0.15) is 4.68 Å². The van der Waals surface area contributed by atoms with E-state index >= 15 is 0 Å². The Hall–Kier alpha value is -2.73. The van der Waals surface area contributed by atoms with Gasteiger partial charge in [-0.25, -0.2) is 4.98 Å². The third-order valence-corrected chi connectivity index (χ3v) is 4.36. The molecule has 0 atom stereocenters. The van der Waals surface area contributed by atoms with Crippen molar-refractivity contribution in [3.05, 3.63) is 66.2 Å². The van der Waals surface area contributed by atoms with E-state index in [9.17, 15) is 0 Å². The number of pyridine rings is 1. The third kappa shape index (κ3) is 2.80. The van der Waals surface area contributed by atoms with E-state index in [1.54, 1.807) is 4.68 Å². The molecule has 2 aromatic heterocycles. The number of fused-ring (bicyclic) bond motifs is 1. The van der Waals surface area contributed by atoms with Gasteiger partial charge in [0.1, 0.15) is 5.03 Å². The molecule has 6 heteroatoms. The minimum Gasteiger partial charge on any atom is -0.241 e. The number of aromatic nitrogens is 5. The van der Waals surface area contributed by atoms with Gasteiger partial charge in [0.05, 0.1) is 11.2 Å². The number of aryl methyl sites for hydroxylation is 1. The molecule has 4 rings (SSSR count). The second kappa shape index (κ2) is 5.81. The standard InChI is InChI=1S/C17H13N5S/c1-12-6-9-14(10-7-12)22-17(19-20-21-22)23-16-11-8-13-4-2-3-5-15(13)18-16/h2-11H,1H3. The minimum atomic E-state index is 0.691. The van der Waals surface area contributed by atoms with E-state index in [1.807, 2.05) is 54.6 Å². The fraction of sp³-hybridized carbons (Fsp3) is 0.0588. The lowest BCUT2D eigenvalue weighted by molar-refractivity contribution is 0.756. The van der Waals surface area contributed by atoms with Gasteiger partial charge in [-0.3, -0.25) is 0 Å². The first-order valence-corrected chi connectivity index (χ1v) is 8.00. The predicted molar refractivity (Wildman–Crippen MR) is 89.8 cm³/mol. The Balaban J connectivity index is 1.68. The summed E-state index contributed by atoms with van der Waals surface area (Å²) >= 11 is 1.45. The van der Waals surface area contributed by atoms with Crippen molar-refractivity contribution in [2.24, 2.45) is 0 Å². The molecule has 0 saturated heterocycles. The van der Waals surface area contributed by atoms with E-state index in [0.29, 0.717) is 5.16 Å². The molecule has 112 valence electrons. The molecule has 2 heterocycles. The van der Waals surface area contributed by atoms with Gasteiger partial charge in [-0.15, -0.1) is 5.10 Å². The largest absolute Gasteiger partial charge is 0.241 e. The van der Waals surface area contributed by atoms with Gasteiger partial charge in [0.2, 0.25) is 5.16 Å². The Bertz CT molecular complexity index is 962. The lowest BCUT2D eigenvalue weighted by atomic mass is 10.2. The van der Waals surface area contributed by atoms with Gasteiger partial charge in [-0.05, 0) is 53.4 Å². The molecular formula is C17H13N5S. The zero-order valence-corrected chi connectivity index (χ0v) is 13.2. The topological polar surface area (TPSA) is 56.5 Å². The van der Waals surface area contributed by atoms with Crippen LogP contribution in [-0.2, 0) is 0 Å². The van der Waals surface area contributed by atoms with E-state index in [2.05, 4.69) is 33.5 Å². The second-order valence-corrected chi connectivity index (χ2v) is 6.14. The van der Waals surface area contributed by atoms with Crippen molar-refractivity contribution in [2.45, 2.75) is 17.1 Å². The molecule has 0 saturated carbocycles. The smallest absolute Gasteiger partial charge is 0.220 e. The van der Waals surface area contributed by atoms with Crippen LogP contribution in [0.2, 0.25) is 0 Å². The zero-order valence-electron chi connectivity index (χ0n) is 12.4. The average Bonchev–Trinajstić information content (AvgIpc) is 3.03. The molecule has 0 fully saturated rings. The van der Waals surface area contributed by atoms with Crippen LogP contribution in [0.4, 0.5) is 0 Å². The van der Waals surface area contributed by atoms with Gasteiger partial charge in [0, 0.05) is 5.39 Å². The van der Waals surface area contributed by atoms with E-state index in [4.69, 9.17) is 0 Å². The maximum atomic E-state index is 4.65. The van der Waals surface area contributed by atoms with Crippen LogP contribution in [0.25, 0.3) is 16.6 Å². The molecule has 5 nitrogen and oxygen atoms in total. The number of para-hydroxylation sites is 1. The fourth-order valence-corrected chi connectivity index (χ4v) is 3.06. The molecule has 0 aliphatic rings. The van der Waals surface area contributed by atoms with Crippen LogP contribution in [0.1, 0.15) is 5.56 Å². The molecular weight excluding hydrogens is 306 g/mol. The van der Waals surface area contributed by atoms with E-state index in [1.165, 1.54) is 17.3 Å². The normalized spacial score (nSPS) is 11.0. The summed E-state index contributed by atoms with van der Waals surface area (Å²) < 4.78 is 1.72. The highest BCUT2D eigenvalue weighted by molar-refractivity contribution is 7.99. The van der Waals surface area contributed by atoms with Crippen molar-refractivity contribution >= 4 is 22.7 Å². The number of nitrogens with zero attached hydrogens (tertiary/aromatic N) is 5. The summed E-state index contributed by atoms with van der Waals surface area (Å²) in [4.78, 5) is 4.65. The van der Waals surface area contributed by atoms with Gasteiger partial charge in [0.15, 0.2) is 0 Å². The van der Waals surface area contributed by atoms with Gasteiger partial charge in [-0.1, -0.05) is 42.0 Å². The van der Waals surface area contributed by atoms with Crippen molar-refractivity contribution in [1.29, 1.82) is 0 Å². The molecule has 0 radical (unpaired) electrons. The molecule has 0 unspecified atom stereocenters. The Morgan fingerprint density at radius 1 is 0.913 bits per heavy atom. The van der Waals surface area contributed by atoms with Gasteiger partial charge in [0.25, 0.3) is 0 Å². The average molecular weight is 319 g/mol. The lowest BCUT2D eigenvalue weighted by Gasteiger charge is -2.05. The number of rotatable bonds is 3. The summed E-state index contributed by atoms with van der Waals surface area (Å²) in [6.07, 6.45) is 0. The number of hydrogen-bond acceptors (Lipinski definition) is 5. The summed E-state index contributed by atoms with van der Waals surface area (Å²) in [6, 6.07) is 20.2. The molecule has 0 N–H and O–H groups in total. The van der Waals surface area contributed by atoms with Crippen LogP contribution < -0.4 is 0 Å². The van der Waals surface area contributed by atoms with Crippen LogP contribution in [0.15, 0.2) is 70.8 Å². The first-order chi connectivity index (χ1) is 11.3. The van der Waals surface area contributed by atoms with Crippen molar-refractivity contribution in [1.82, 2.24) is 25.2 Å². The summed E-state index contributed by atoms with van der Waals surface area (Å²) in [5.41, 5.74) is 3.10. The van der Waals surface area contributed by atoms with Crippen molar-refractivity contribution in [3.8, 4) is 5.69 Å². The van der Waals surface area contributed by atoms with Gasteiger partial charge >= 0.3 is 0 Å². The maximum absolute atomic E-state index is 4.65. The van der Waals surface area contributed by atoms with Crippen molar-refractivity contribution in [3.63, 3.8) is 0 Å². The highest BCUT2D eigenvalue weighted by Crippen LogP contribution is 2.27. The quantitative estimate of drug-likeness (QED) is 0.576. The molecule has 0 aliphatic carbocycles. The van der Waals surface area contributed by atoms with Crippen LogP contribution >= 0.6 is 11.8 Å². The summed E-state index contributed by atoms with van der Waals surface area (Å²) in [7, 11) is 0. The molecule has 0 bridgehead atoms. The number of hydrogen-bond donors (Lipinski definition) is 0. The van der Waals surface area contributed by atoms with Gasteiger partial charge < -0.3 is 0 Å². The molecule has 0 amide bonds. The fourth-order valence-electron chi connectivity index (χ4n) is 2.29. The van der Waals surface area contributed by atoms with Crippen molar-refractivity contribution < 1.29 is 0 Å². The second-order valence-electron chi connectivity index (χ2n) is 5.15. The van der Waals surface area contributed by atoms with Crippen LogP contribution in [0, 0.1) is 6.92 Å².